The maximum Gasteiger partial charge on any atom is 0.270 e. The van der Waals surface area contributed by atoms with Crippen molar-refractivity contribution in [3.05, 3.63) is 48.0 Å². The number of aryl methyl sites for hydroxylation is 1. The van der Waals surface area contributed by atoms with Gasteiger partial charge in [0.05, 0.1) is 41.6 Å². The molecule has 0 unspecified atom stereocenters. The van der Waals surface area contributed by atoms with Crippen molar-refractivity contribution in [3.8, 4) is 17.5 Å². The summed E-state index contributed by atoms with van der Waals surface area (Å²) in [5.41, 5.74) is 2.26. The lowest BCUT2D eigenvalue weighted by Crippen LogP contribution is -2.39. The number of aromatic nitrogens is 3. The molecule has 0 saturated heterocycles. The monoisotopic (exact) mass is 389 g/mol. The van der Waals surface area contributed by atoms with Gasteiger partial charge in [-0.1, -0.05) is 12.1 Å². The van der Waals surface area contributed by atoms with Gasteiger partial charge < -0.3 is 14.6 Å². The molecule has 1 N–H and O–H groups in total. The van der Waals surface area contributed by atoms with Crippen LogP contribution in [0.2, 0.25) is 0 Å². The van der Waals surface area contributed by atoms with Crippen molar-refractivity contribution in [2.75, 3.05) is 7.11 Å². The number of ether oxygens (including phenoxy) is 1. The van der Waals surface area contributed by atoms with Crippen LogP contribution < -0.4 is 5.32 Å². The van der Waals surface area contributed by atoms with Gasteiger partial charge in [-0.2, -0.15) is 5.26 Å². The fraction of sp³-hybridized carbons (Fsp3) is 0.364. The number of rotatable bonds is 4. The number of carbonyl (C=O) groups is 1. The second kappa shape index (κ2) is 8.02. The van der Waals surface area contributed by atoms with E-state index in [1.54, 1.807) is 31.8 Å². The van der Waals surface area contributed by atoms with E-state index < -0.39 is 0 Å². The third-order valence-electron chi connectivity index (χ3n) is 5.63. The number of benzene rings is 1. The van der Waals surface area contributed by atoms with Gasteiger partial charge in [-0.3, -0.25) is 4.79 Å². The van der Waals surface area contributed by atoms with Crippen LogP contribution in [0.1, 0.15) is 41.7 Å². The SMILES string of the molecule is CO[C@H]1CC[C@H](NC(=O)c2nc(-c3cncn3C)cc3c(C#N)cccc23)CC1. The van der Waals surface area contributed by atoms with Crippen molar-refractivity contribution in [1.29, 1.82) is 5.26 Å². The average molecular weight is 389 g/mol. The molecule has 2 heterocycles. The van der Waals surface area contributed by atoms with Crippen molar-refractivity contribution >= 4 is 16.7 Å². The first-order chi connectivity index (χ1) is 14.1. The first-order valence-electron chi connectivity index (χ1n) is 9.75. The highest BCUT2D eigenvalue weighted by molar-refractivity contribution is 6.07. The Balaban J connectivity index is 1.74. The summed E-state index contributed by atoms with van der Waals surface area (Å²) in [6, 6.07) is 9.55. The first-order valence-corrected chi connectivity index (χ1v) is 9.75. The molecule has 0 spiro atoms. The van der Waals surface area contributed by atoms with Crippen LogP contribution in [-0.4, -0.2) is 39.7 Å². The predicted octanol–water partition coefficient (Wildman–Crippen LogP) is 3.19. The van der Waals surface area contributed by atoms with Gasteiger partial charge in [0.2, 0.25) is 0 Å². The van der Waals surface area contributed by atoms with Crippen LogP contribution in [0.15, 0.2) is 36.8 Å². The highest BCUT2D eigenvalue weighted by Crippen LogP contribution is 2.28. The molecule has 7 heteroatoms. The Kier molecular flexibility index (Phi) is 5.28. The number of imidazole rings is 1. The molecule has 0 aliphatic heterocycles. The number of amides is 1. The molecule has 2 aromatic heterocycles. The Bertz CT molecular complexity index is 1090. The molecule has 1 amide bonds. The zero-order chi connectivity index (χ0) is 20.4. The molecule has 7 nitrogen and oxygen atoms in total. The molecule has 4 rings (SSSR count). The Hall–Kier alpha value is -3.24. The summed E-state index contributed by atoms with van der Waals surface area (Å²) < 4.78 is 7.26. The fourth-order valence-corrected chi connectivity index (χ4v) is 3.98. The Morgan fingerprint density at radius 1 is 1.28 bits per heavy atom. The van der Waals surface area contributed by atoms with E-state index >= 15 is 0 Å². The van der Waals surface area contributed by atoms with Crippen molar-refractivity contribution in [1.82, 2.24) is 19.9 Å². The van der Waals surface area contributed by atoms with Gasteiger partial charge in [-0.25, -0.2) is 9.97 Å². The average Bonchev–Trinajstić information content (AvgIpc) is 3.18. The van der Waals surface area contributed by atoms with Crippen LogP contribution in [0.3, 0.4) is 0 Å². The van der Waals surface area contributed by atoms with E-state index in [-0.39, 0.29) is 18.1 Å². The minimum absolute atomic E-state index is 0.102. The zero-order valence-corrected chi connectivity index (χ0v) is 16.6. The second-order valence-electron chi connectivity index (χ2n) is 7.44. The van der Waals surface area contributed by atoms with Crippen LogP contribution in [0.5, 0.6) is 0 Å². The summed E-state index contributed by atoms with van der Waals surface area (Å²) in [5, 5.41) is 14.1. The normalized spacial score (nSPS) is 19.1. The van der Waals surface area contributed by atoms with Crippen LogP contribution >= 0.6 is 0 Å². The van der Waals surface area contributed by atoms with Crippen molar-refractivity contribution in [2.45, 2.75) is 37.8 Å². The molecule has 29 heavy (non-hydrogen) atoms. The summed E-state index contributed by atoms with van der Waals surface area (Å²) in [6.07, 6.45) is 7.29. The lowest BCUT2D eigenvalue weighted by atomic mass is 9.92. The Morgan fingerprint density at radius 2 is 2.07 bits per heavy atom. The van der Waals surface area contributed by atoms with Crippen molar-refractivity contribution < 1.29 is 9.53 Å². The maximum atomic E-state index is 13.2. The van der Waals surface area contributed by atoms with Gasteiger partial charge in [0.15, 0.2) is 0 Å². The highest BCUT2D eigenvalue weighted by atomic mass is 16.5. The van der Waals surface area contributed by atoms with E-state index in [2.05, 4.69) is 21.4 Å². The molecular formula is C22H23N5O2. The first kappa shape index (κ1) is 19.1. The number of nitrogens with zero attached hydrogens (tertiary/aromatic N) is 4. The number of carbonyl (C=O) groups excluding carboxylic acids is 1. The second-order valence-corrected chi connectivity index (χ2v) is 7.44. The Morgan fingerprint density at radius 3 is 2.72 bits per heavy atom. The molecule has 0 radical (unpaired) electrons. The molecule has 1 aliphatic carbocycles. The number of fused-ring (bicyclic) bond motifs is 1. The smallest absolute Gasteiger partial charge is 0.270 e. The summed E-state index contributed by atoms with van der Waals surface area (Å²) in [6.45, 7) is 0. The van der Waals surface area contributed by atoms with E-state index in [9.17, 15) is 10.1 Å². The van der Waals surface area contributed by atoms with Crippen LogP contribution in [0.25, 0.3) is 22.2 Å². The number of pyridine rings is 1. The predicted molar refractivity (Wildman–Crippen MR) is 109 cm³/mol. The lowest BCUT2D eigenvalue weighted by Gasteiger charge is -2.28. The zero-order valence-electron chi connectivity index (χ0n) is 16.6. The van der Waals surface area contributed by atoms with Gasteiger partial charge in [-0.05, 0) is 37.8 Å². The molecular weight excluding hydrogens is 366 g/mol. The standard InChI is InChI=1S/C22H23N5O2/c1-27-13-24-12-20(27)19-10-18-14(11-23)4-3-5-17(18)21(26-19)22(28)25-15-6-8-16(29-2)9-7-15/h3-5,10,12-13,15-16H,6-9H2,1-2H3,(H,25,28)/t15-,16-. The van der Waals surface area contributed by atoms with Gasteiger partial charge in [0, 0.05) is 31.0 Å². The summed E-state index contributed by atoms with van der Waals surface area (Å²) in [4.78, 5) is 22.0. The molecule has 1 aromatic carbocycles. The summed E-state index contributed by atoms with van der Waals surface area (Å²) in [7, 11) is 3.61. The molecule has 0 bridgehead atoms. The summed E-state index contributed by atoms with van der Waals surface area (Å²) in [5.74, 6) is -0.213. The number of methoxy groups -OCH3 is 1. The van der Waals surface area contributed by atoms with Crippen LogP contribution in [-0.2, 0) is 11.8 Å². The van der Waals surface area contributed by atoms with Crippen LogP contribution in [0.4, 0.5) is 0 Å². The van der Waals surface area contributed by atoms with Gasteiger partial charge in [0.25, 0.3) is 5.91 Å². The molecule has 1 saturated carbocycles. The molecule has 148 valence electrons. The van der Waals surface area contributed by atoms with Gasteiger partial charge in [0.1, 0.15) is 5.69 Å². The minimum Gasteiger partial charge on any atom is -0.381 e. The number of nitrogens with one attached hydrogen (secondary N) is 1. The van der Waals surface area contributed by atoms with Gasteiger partial charge >= 0.3 is 0 Å². The molecule has 3 aromatic rings. The third-order valence-corrected chi connectivity index (χ3v) is 5.63. The Labute approximate surface area is 169 Å². The fourth-order valence-electron chi connectivity index (χ4n) is 3.98. The highest BCUT2D eigenvalue weighted by Gasteiger charge is 2.24. The maximum absolute atomic E-state index is 13.2. The number of nitriles is 1. The number of hydrogen-bond acceptors (Lipinski definition) is 5. The summed E-state index contributed by atoms with van der Waals surface area (Å²) >= 11 is 0. The molecule has 1 aliphatic rings. The van der Waals surface area contributed by atoms with E-state index in [0.717, 1.165) is 36.8 Å². The van der Waals surface area contributed by atoms with Crippen molar-refractivity contribution in [2.24, 2.45) is 7.05 Å². The molecule has 0 atom stereocenters. The topological polar surface area (TPSA) is 92.8 Å². The lowest BCUT2D eigenvalue weighted by molar-refractivity contribution is 0.0599. The minimum atomic E-state index is -0.213. The van der Waals surface area contributed by atoms with E-state index in [0.29, 0.717) is 22.3 Å². The quantitative estimate of drug-likeness (QED) is 0.740. The van der Waals surface area contributed by atoms with Crippen molar-refractivity contribution in [3.63, 3.8) is 0 Å². The molecule has 1 fully saturated rings. The van der Waals surface area contributed by atoms with E-state index in [1.165, 1.54) is 0 Å². The van der Waals surface area contributed by atoms with Gasteiger partial charge in [-0.15, -0.1) is 0 Å². The largest absolute Gasteiger partial charge is 0.381 e. The van der Waals surface area contributed by atoms with E-state index in [4.69, 9.17) is 4.74 Å². The third kappa shape index (κ3) is 3.71. The number of hydrogen-bond donors (Lipinski definition) is 1. The van der Waals surface area contributed by atoms with Crippen LogP contribution in [0, 0.1) is 11.3 Å². The van der Waals surface area contributed by atoms with E-state index in [1.807, 2.05) is 23.7 Å².